The lowest BCUT2D eigenvalue weighted by molar-refractivity contribution is 1.01. The molecule has 0 spiro atoms. The highest BCUT2D eigenvalue weighted by atomic mass is 14.1. The largest absolute Gasteiger partial charge is 0.0912 e. The maximum atomic E-state index is 4.41. The standard InChI is InChI=1S/C34H38/c1-6-8-10-15-26(3)34(28(5)27(4)31-18-11-9-12-19-31)23-22-30-17-14-21-33(25-30)32-20-13-16-29(7-2)24-32/h6,8,10-11,13-21,23-25H,3,7,9,12,22H2,1-2,4-5H3/b8-6-,15-10-,28-27+,34-23-. The molecule has 0 saturated carbocycles. The van der Waals surface area contributed by atoms with Crippen molar-refractivity contribution in [2.24, 2.45) is 0 Å². The van der Waals surface area contributed by atoms with Crippen molar-refractivity contribution in [1.29, 1.82) is 0 Å². The van der Waals surface area contributed by atoms with Gasteiger partial charge in [-0.05, 0) is 96.6 Å². The third-order valence-corrected chi connectivity index (χ3v) is 6.48. The first-order valence-electron chi connectivity index (χ1n) is 12.5. The lowest BCUT2D eigenvalue weighted by Gasteiger charge is -2.16. The molecule has 0 atom stereocenters. The van der Waals surface area contributed by atoms with Gasteiger partial charge < -0.3 is 0 Å². The lowest BCUT2D eigenvalue weighted by atomic mass is 9.89. The van der Waals surface area contributed by atoms with E-state index >= 15 is 0 Å². The second-order valence-electron chi connectivity index (χ2n) is 8.88. The van der Waals surface area contributed by atoms with E-state index in [1.54, 1.807) is 0 Å². The van der Waals surface area contributed by atoms with Gasteiger partial charge in [0.15, 0.2) is 0 Å². The summed E-state index contributed by atoms with van der Waals surface area (Å²) in [7, 11) is 0. The quantitative estimate of drug-likeness (QED) is 0.336. The van der Waals surface area contributed by atoms with E-state index in [1.165, 1.54) is 44.5 Å². The number of hydrogen-bond donors (Lipinski definition) is 0. The Kier molecular flexibility index (Phi) is 9.47. The normalized spacial score (nSPS) is 15.1. The van der Waals surface area contributed by atoms with E-state index in [0.717, 1.165) is 31.3 Å². The van der Waals surface area contributed by atoms with Crippen molar-refractivity contribution in [3.63, 3.8) is 0 Å². The minimum Gasteiger partial charge on any atom is -0.0912 e. The zero-order chi connectivity index (χ0) is 24.3. The Balaban J connectivity index is 1.94. The summed E-state index contributed by atoms with van der Waals surface area (Å²) in [5.41, 5.74) is 11.5. The van der Waals surface area contributed by atoms with E-state index in [-0.39, 0.29) is 0 Å². The summed E-state index contributed by atoms with van der Waals surface area (Å²) < 4.78 is 0. The molecule has 0 radical (unpaired) electrons. The van der Waals surface area contributed by atoms with Crippen molar-refractivity contribution in [1.82, 2.24) is 0 Å². The second kappa shape index (κ2) is 12.8. The van der Waals surface area contributed by atoms with Crippen LogP contribution in [0.3, 0.4) is 0 Å². The molecule has 0 saturated heterocycles. The van der Waals surface area contributed by atoms with Crippen molar-refractivity contribution in [2.75, 3.05) is 0 Å². The van der Waals surface area contributed by atoms with Crippen LogP contribution < -0.4 is 0 Å². The summed E-state index contributed by atoms with van der Waals surface area (Å²) in [6, 6.07) is 17.8. The van der Waals surface area contributed by atoms with E-state index in [0.29, 0.717) is 0 Å². The van der Waals surface area contributed by atoms with Crippen molar-refractivity contribution in [3.8, 4) is 11.1 Å². The molecule has 0 fully saturated rings. The molecule has 2 aromatic carbocycles. The molecule has 3 rings (SSSR count). The van der Waals surface area contributed by atoms with Gasteiger partial charge in [0.25, 0.3) is 0 Å². The van der Waals surface area contributed by atoms with Crippen molar-refractivity contribution >= 4 is 0 Å². The Bertz CT molecular complexity index is 1190. The van der Waals surface area contributed by atoms with Crippen LogP contribution in [0, 0.1) is 0 Å². The van der Waals surface area contributed by atoms with Crippen LogP contribution in [0.2, 0.25) is 0 Å². The van der Waals surface area contributed by atoms with Crippen molar-refractivity contribution < 1.29 is 0 Å². The number of allylic oxidation sites excluding steroid dienone is 13. The molecule has 0 amide bonds. The topological polar surface area (TPSA) is 0 Å². The van der Waals surface area contributed by atoms with Gasteiger partial charge in [-0.1, -0.05) is 111 Å². The SMILES string of the molecule is C=C(/C=C\C=C/C)C(=C/Cc1cccc(-c2cccc(CC)c2)c1)/C(C)=C(\C)C1=CCCC=C1. The van der Waals surface area contributed by atoms with E-state index in [1.807, 2.05) is 13.0 Å². The van der Waals surface area contributed by atoms with E-state index in [4.69, 9.17) is 0 Å². The van der Waals surface area contributed by atoms with Gasteiger partial charge in [-0.3, -0.25) is 0 Å². The number of hydrogen-bond acceptors (Lipinski definition) is 0. The molecule has 0 heteroatoms. The van der Waals surface area contributed by atoms with Gasteiger partial charge in [0, 0.05) is 0 Å². The molecule has 34 heavy (non-hydrogen) atoms. The molecule has 2 aromatic rings. The molecule has 0 heterocycles. The third-order valence-electron chi connectivity index (χ3n) is 6.48. The minimum absolute atomic E-state index is 0.868. The molecular formula is C34H38. The molecule has 0 nitrogen and oxygen atoms in total. The monoisotopic (exact) mass is 446 g/mol. The Morgan fingerprint density at radius 1 is 0.941 bits per heavy atom. The number of benzene rings is 2. The Morgan fingerprint density at radius 3 is 2.29 bits per heavy atom. The average Bonchev–Trinajstić information content (AvgIpc) is 2.89. The fraction of sp³-hybridized carbons (Fsp3) is 0.235. The summed E-state index contributed by atoms with van der Waals surface area (Å²) in [4.78, 5) is 0. The molecular weight excluding hydrogens is 408 g/mol. The predicted octanol–water partition coefficient (Wildman–Crippen LogP) is 9.69. The van der Waals surface area contributed by atoms with Crippen LogP contribution in [0.15, 0.2) is 132 Å². The Morgan fingerprint density at radius 2 is 1.65 bits per heavy atom. The number of aryl methyl sites for hydroxylation is 1. The zero-order valence-electron chi connectivity index (χ0n) is 21.3. The first-order valence-corrected chi connectivity index (χ1v) is 12.5. The molecule has 0 aliphatic heterocycles. The van der Waals surface area contributed by atoms with E-state index < -0.39 is 0 Å². The first-order chi connectivity index (χ1) is 16.5. The highest BCUT2D eigenvalue weighted by molar-refractivity contribution is 5.65. The number of rotatable bonds is 9. The van der Waals surface area contributed by atoms with Crippen LogP contribution in [0.4, 0.5) is 0 Å². The van der Waals surface area contributed by atoms with Crippen LogP contribution in [0.1, 0.15) is 51.7 Å². The summed E-state index contributed by atoms with van der Waals surface area (Å²) in [6.45, 7) is 13.1. The van der Waals surface area contributed by atoms with Crippen LogP contribution in [0.25, 0.3) is 11.1 Å². The molecule has 0 bridgehead atoms. The van der Waals surface area contributed by atoms with Gasteiger partial charge in [-0.2, -0.15) is 0 Å². The molecule has 1 aliphatic rings. The zero-order valence-corrected chi connectivity index (χ0v) is 21.3. The molecule has 174 valence electrons. The van der Waals surface area contributed by atoms with Gasteiger partial charge in [-0.15, -0.1) is 0 Å². The fourth-order valence-electron chi connectivity index (χ4n) is 4.28. The Hall–Kier alpha value is -3.38. The summed E-state index contributed by atoms with van der Waals surface area (Å²) >= 11 is 0. The summed E-state index contributed by atoms with van der Waals surface area (Å²) in [5.74, 6) is 0. The van der Waals surface area contributed by atoms with Crippen molar-refractivity contribution in [3.05, 3.63) is 143 Å². The first kappa shape index (κ1) is 25.2. The fourth-order valence-corrected chi connectivity index (χ4v) is 4.28. The highest BCUT2D eigenvalue weighted by Gasteiger charge is 2.10. The van der Waals surface area contributed by atoms with E-state index in [2.05, 4.69) is 118 Å². The second-order valence-corrected chi connectivity index (χ2v) is 8.88. The van der Waals surface area contributed by atoms with Gasteiger partial charge in [-0.25, -0.2) is 0 Å². The van der Waals surface area contributed by atoms with E-state index in [9.17, 15) is 0 Å². The van der Waals surface area contributed by atoms with Gasteiger partial charge in [0.05, 0.1) is 0 Å². The van der Waals surface area contributed by atoms with Crippen LogP contribution in [-0.4, -0.2) is 0 Å². The predicted molar refractivity (Wildman–Crippen MR) is 151 cm³/mol. The summed E-state index contributed by atoms with van der Waals surface area (Å²) in [6.07, 6.45) is 21.7. The molecule has 1 aliphatic carbocycles. The van der Waals surface area contributed by atoms with Crippen molar-refractivity contribution in [2.45, 2.75) is 53.4 Å². The average molecular weight is 447 g/mol. The molecule has 0 aromatic heterocycles. The van der Waals surface area contributed by atoms with Gasteiger partial charge in [0.2, 0.25) is 0 Å². The lowest BCUT2D eigenvalue weighted by Crippen LogP contribution is -1.97. The van der Waals surface area contributed by atoms with Crippen LogP contribution in [-0.2, 0) is 12.8 Å². The molecule has 0 N–H and O–H groups in total. The summed E-state index contributed by atoms with van der Waals surface area (Å²) in [5, 5.41) is 0. The van der Waals surface area contributed by atoms with Gasteiger partial charge >= 0.3 is 0 Å². The van der Waals surface area contributed by atoms with Gasteiger partial charge in [0.1, 0.15) is 0 Å². The Labute approximate surface area is 207 Å². The van der Waals surface area contributed by atoms with Crippen LogP contribution >= 0.6 is 0 Å². The minimum atomic E-state index is 0.868. The third kappa shape index (κ3) is 6.81. The maximum Gasteiger partial charge on any atom is -0.00879 e. The highest BCUT2D eigenvalue weighted by Crippen LogP contribution is 2.29. The smallest absolute Gasteiger partial charge is 0.00879 e. The van der Waals surface area contributed by atoms with Crippen LogP contribution in [0.5, 0.6) is 0 Å². The maximum absolute atomic E-state index is 4.41. The molecule has 0 unspecified atom stereocenters.